The van der Waals surface area contributed by atoms with Crippen LogP contribution in [0.3, 0.4) is 0 Å². The Hall–Kier alpha value is -0.800. The van der Waals surface area contributed by atoms with Gasteiger partial charge in [-0.15, -0.1) is 11.6 Å². The highest BCUT2D eigenvalue weighted by atomic mass is 35.5. The van der Waals surface area contributed by atoms with E-state index in [4.69, 9.17) is 16.3 Å². The fourth-order valence-corrected chi connectivity index (χ4v) is 2.39. The third-order valence-corrected chi connectivity index (χ3v) is 3.37. The molecule has 1 saturated heterocycles. The zero-order valence-corrected chi connectivity index (χ0v) is 10.3. The fraction of sp³-hybridized carbons (Fsp3) is 0.583. The minimum Gasteiger partial charge on any atom is -0.380 e. The molecule has 3 nitrogen and oxygen atoms in total. The number of nitrogens with zero attached hydrogens (tertiary/aromatic N) is 2. The van der Waals surface area contributed by atoms with Crippen molar-refractivity contribution in [2.75, 3.05) is 25.1 Å². The highest BCUT2D eigenvalue weighted by Gasteiger charge is 2.21. The Kier molecular flexibility index (Phi) is 4.02. The summed E-state index contributed by atoms with van der Waals surface area (Å²) in [6, 6.07) is 1.98. The van der Waals surface area contributed by atoms with Gasteiger partial charge in [0.05, 0.1) is 18.0 Å². The monoisotopic (exact) mass is 240 g/mol. The van der Waals surface area contributed by atoms with Crippen LogP contribution in [0.2, 0.25) is 0 Å². The number of halogens is 1. The second-order valence-electron chi connectivity index (χ2n) is 4.08. The number of aromatic nitrogens is 1. The predicted octanol–water partition coefficient (Wildman–Crippen LogP) is 2.44. The summed E-state index contributed by atoms with van der Waals surface area (Å²) in [6.07, 6.45) is 6.32. The highest BCUT2D eigenvalue weighted by Crippen LogP contribution is 2.25. The first-order valence-corrected chi connectivity index (χ1v) is 6.15. The largest absolute Gasteiger partial charge is 0.380 e. The second kappa shape index (κ2) is 5.51. The molecule has 0 saturated carbocycles. The highest BCUT2D eigenvalue weighted by molar-refractivity contribution is 6.17. The van der Waals surface area contributed by atoms with Crippen molar-refractivity contribution in [1.82, 2.24) is 4.98 Å². The molecular formula is C12H17ClN2O. The maximum absolute atomic E-state index is 5.94. The van der Waals surface area contributed by atoms with E-state index in [0.717, 1.165) is 37.2 Å². The molecule has 1 aliphatic rings. The van der Waals surface area contributed by atoms with Crippen molar-refractivity contribution in [3.63, 3.8) is 0 Å². The van der Waals surface area contributed by atoms with Crippen LogP contribution < -0.4 is 4.90 Å². The van der Waals surface area contributed by atoms with Gasteiger partial charge in [0.25, 0.3) is 0 Å². The molecule has 1 aromatic rings. The SMILES string of the molecule is COC1CCCN(c2cnccc2CCl)C1. The van der Waals surface area contributed by atoms with Gasteiger partial charge in [0.1, 0.15) is 0 Å². The molecule has 2 rings (SSSR count). The Morgan fingerprint density at radius 1 is 1.62 bits per heavy atom. The lowest BCUT2D eigenvalue weighted by Gasteiger charge is -2.34. The summed E-state index contributed by atoms with van der Waals surface area (Å²) < 4.78 is 5.42. The summed E-state index contributed by atoms with van der Waals surface area (Å²) in [6.45, 7) is 2.00. The molecule has 2 heterocycles. The van der Waals surface area contributed by atoms with Gasteiger partial charge in [-0.1, -0.05) is 0 Å². The van der Waals surface area contributed by atoms with Crippen molar-refractivity contribution < 1.29 is 4.74 Å². The van der Waals surface area contributed by atoms with Gasteiger partial charge in [-0.25, -0.2) is 0 Å². The van der Waals surface area contributed by atoms with Gasteiger partial charge in [-0.3, -0.25) is 4.98 Å². The van der Waals surface area contributed by atoms with Crippen LogP contribution in [0.15, 0.2) is 18.5 Å². The molecule has 0 N–H and O–H groups in total. The van der Waals surface area contributed by atoms with E-state index in [-0.39, 0.29) is 0 Å². The van der Waals surface area contributed by atoms with E-state index in [1.165, 1.54) is 0 Å². The summed E-state index contributed by atoms with van der Waals surface area (Å²) in [5, 5.41) is 0. The van der Waals surface area contributed by atoms with Gasteiger partial charge in [0, 0.05) is 32.3 Å². The number of piperidine rings is 1. The number of rotatable bonds is 3. The summed E-state index contributed by atoms with van der Waals surface area (Å²) >= 11 is 5.94. The maximum atomic E-state index is 5.94. The topological polar surface area (TPSA) is 25.4 Å². The Bertz CT molecular complexity index is 346. The summed E-state index contributed by atoms with van der Waals surface area (Å²) in [5.41, 5.74) is 2.30. The third kappa shape index (κ3) is 2.47. The van der Waals surface area contributed by atoms with Crippen molar-refractivity contribution in [2.24, 2.45) is 0 Å². The number of alkyl halides is 1. The average Bonchev–Trinajstić information content (AvgIpc) is 2.38. The molecule has 88 valence electrons. The molecule has 0 radical (unpaired) electrons. The van der Waals surface area contributed by atoms with Crippen molar-refractivity contribution in [1.29, 1.82) is 0 Å². The predicted molar refractivity (Wildman–Crippen MR) is 66.0 cm³/mol. The van der Waals surface area contributed by atoms with Crippen LogP contribution in [0, 0.1) is 0 Å². The molecule has 1 aliphatic heterocycles. The Morgan fingerprint density at radius 3 is 3.25 bits per heavy atom. The summed E-state index contributed by atoms with van der Waals surface area (Å²) in [5.74, 6) is 0.534. The van der Waals surface area contributed by atoms with Gasteiger partial charge in [0.2, 0.25) is 0 Å². The first kappa shape index (κ1) is 11.7. The lowest BCUT2D eigenvalue weighted by Crippen LogP contribution is -2.39. The molecule has 1 unspecified atom stereocenters. The third-order valence-electron chi connectivity index (χ3n) is 3.08. The number of pyridine rings is 1. The average molecular weight is 241 g/mol. The number of methoxy groups -OCH3 is 1. The van der Waals surface area contributed by atoms with E-state index in [0.29, 0.717) is 12.0 Å². The molecule has 0 bridgehead atoms. The molecule has 1 fully saturated rings. The van der Waals surface area contributed by atoms with Gasteiger partial charge >= 0.3 is 0 Å². The zero-order valence-electron chi connectivity index (χ0n) is 9.53. The lowest BCUT2D eigenvalue weighted by molar-refractivity contribution is 0.0893. The van der Waals surface area contributed by atoms with Crippen molar-refractivity contribution in [3.8, 4) is 0 Å². The van der Waals surface area contributed by atoms with Crippen LogP contribution in [0.5, 0.6) is 0 Å². The first-order chi connectivity index (χ1) is 7.85. The van der Waals surface area contributed by atoms with Gasteiger partial charge in [-0.2, -0.15) is 0 Å². The Labute approximate surface area is 101 Å². The zero-order chi connectivity index (χ0) is 11.4. The quantitative estimate of drug-likeness (QED) is 0.759. The van der Waals surface area contributed by atoms with Crippen LogP contribution in [-0.2, 0) is 10.6 Å². The van der Waals surface area contributed by atoms with Crippen LogP contribution in [0.1, 0.15) is 18.4 Å². The van der Waals surface area contributed by atoms with Crippen LogP contribution in [0.4, 0.5) is 5.69 Å². The molecule has 1 aromatic heterocycles. The minimum absolute atomic E-state index is 0.331. The van der Waals surface area contributed by atoms with Gasteiger partial charge < -0.3 is 9.64 Å². The molecule has 16 heavy (non-hydrogen) atoms. The standard InChI is InChI=1S/C12H17ClN2O/c1-16-11-3-2-6-15(9-11)12-8-14-5-4-10(12)7-13/h4-5,8,11H,2-3,6-7,9H2,1H3. The molecular weight excluding hydrogens is 224 g/mol. The lowest BCUT2D eigenvalue weighted by atomic mass is 10.1. The second-order valence-corrected chi connectivity index (χ2v) is 4.35. The fourth-order valence-electron chi connectivity index (χ4n) is 2.16. The number of hydrogen-bond donors (Lipinski definition) is 0. The molecule has 1 atom stereocenters. The smallest absolute Gasteiger partial charge is 0.0746 e. The van der Waals surface area contributed by atoms with Gasteiger partial charge in [0.15, 0.2) is 0 Å². The molecule has 0 spiro atoms. The summed E-state index contributed by atoms with van der Waals surface area (Å²) in [7, 11) is 1.78. The van der Waals surface area contributed by atoms with E-state index in [2.05, 4.69) is 9.88 Å². The van der Waals surface area contributed by atoms with Crippen LogP contribution in [-0.4, -0.2) is 31.3 Å². The first-order valence-electron chi connectivity index (χ1n) is 5.61. The van der Waals surface area contributed by atoms with Crippen molar-refractivity contribution >= 4 is 17.3 Å². The van der Waals surface area contributed by atoms with Gasteiger partial charge in [-0.05, 0) is 24.5 Å². The van der Waals surface area contributed by atoms with E-state index < -0.39 is 0 Å². The van der Waals surface area contributed by atoms with E-state index >= 15 is 0 Å². The van der Waals surface area contributed by atoms with E-state index in [1.807, 2.05) is 12.3 Å². The molecule has 0 aromatic carbocycles. The number of anilines is 1. The van der Waals surface area contributed by atoms with Crippen LogP contribution >= 0.6 is 11.6 Å². The Morgan fingerprint density at radius 2 is 2.50 bits per heavy atom. The van der Waals surface area contributed by atoms with Crippen molar-refractivity contribution in [2.45, 2.75) is 24.8 Å². The normalized spacial score (nSPS) is 21.1. The van der Waals surface area contributed by atoms with E-state index in [1.54, 1.807) is 13.3 Å². The van der Waals surface area contributed by atoms with Crippen LogP contribution in [0.25, 0.3) is 0 Å². The summed E-state index contributed by atoms with van der Waals surface area (Å²) in [4.78, 5) is 6.50. The van der Waals surface area contributed by atoms with Crippen molar-refractivity contribution in [3.05, 3.63) is 24.0 Å². The molecule has 0 aliphatic carbocycles. The minimum atomic E-state index is 0.331. The molecule has 4 heteroatoms. The Balaban J connectivity index is 2.16. The number of ether oxygens (including phenoxy) is 1. The van der Waals surface area contributed by atoms with E-state index in [9.17, 15) is 0 Å². The molecule has 0 amide bonds. The maximum Gasteiger partial charge on any atom is 0.0746 e. The number of hydrogen-bond acceptors (Lipinski definition) is 3.